The van der Waals surface area contributed by atoms with Crippen molar-refractivity contribution in [3.63, 3.8) is 0 Å². The van der Waals surface area contributed by atoms with Crippen LogP contribution in [0.25, 0.3) is 0 Å². The third kappa shape index (κ3) is 6.43. The number of rotatable bonds is 10. The minimum Gasteiger partial charge on any atom is -0.481 e. The Bertz CT molecular complexity index is 564. The van der Waals surface area contributed by atoms with E-state index in [9.17, 15) is 4.79 Å². The summed E-state index contributed by atoms with van der Waals surface area (Å²) in [7, 11) is 1.78. The Kier molecular flexibility index (Phi) is 7.94. The van der Waals surface area contributed by atoms with E-state index in [0.29, 0.717) is 0 Å². The second-order valence-corrected chi connectivity index (χ2v) is 8.31. The molecule has 0 fully saturated rings. The molecule has 0 saturated heterocycles. The molecule has 0 unspecified atom stereocenters. The van der Waals surface area contributed by atoms with E-state index in [1.807, 2.05) is 0 Å². The van der Waals surface area contributed by atoms with Crippen LogP contribution in [0.3, 0.4) is 0 Å². The van der Waals surface area contributed by atoms with Crippen molar-refractivity contribution in [2.45, 2.75) is 19.3 Å². The molecule has 0 aliphatic carbocycles. The highest BCUT2D eigenvalue weighted by atomic mass is 31.1. The van der Waals surface area contributed by atoms with E-state index in [1.165, 1.54) is 10.6 Å². The van der Waals surface area contributed by atoms with Gasteiger partial charge in [0.1, 0.15) is 0 Å². The molecule has 2 aromatic rings. The van der Waals surface area contributed by atoms with Gasteiger partial charge in [0, 0.05) is 13.0 Å². The summed E-state index contributed by atoms with van der Waals surface area (Å²) >= 11 is 0. The molecule has 0 aromatic heterocycles. The molecule has 0 atom stereocenters. The van der Waals surface area contributed by atoms with Crippen LogP contribution < -0.4 is 10.6 Å². The smallest absolute Gasteiger partial charge is 0.303 e. The van der Waals surface area contributed by atoms with Crippen molar-refractivity contribution in [1.82, 2.24) is 4.90 Å². The van der Waals surface area contributed by atoms with Gasteiger partial charge in [-0.05, 0) is 51.1 Å². The maximum atomic E-state index is 10.6. The van der Waals surface area contributed by atoms with Crippen molar-refractivity contribution in [1.29, 1.82) is 0 Å². The van der Waals surface area contributed by atoms with E-state index in [2.05, 4.69) is 72.6 Å². The maximum Gasteiger partial charge on any atom is 0.303 e. The molecule has 128 valence electrons. The van der Waals surface area contributed by atoms with Crippen molar-refractivity contribution in [2.24, 2.45) is 0 Å². The second kappa shape index (κ2) is 10.2. The zero-order valence-corrected chi connectivity index (χ0v) is 15.2. The summed E-state index contributed by atoms with van der Waals surface area (Å²) in [6.07, 6.45) is 3.09. The average molecular weight is 343 g/mol. The first-order valence-corrected chi connectivity index (χ1v) is 9.97. The average Bonchev–Trinajstić information content (AvgIpc) is 2.61. The Balaban J connectivity index is 1.91. The van der Waals surface area contributed by atoms with E-state index in [0.717, 1.165) is 32.1 Å². The first-order chi connectivity index (χ1) is 11.7. The number of carboxylic acid groups (broad SMARTS) is 1. The Morgan fingerprint density at radius 1 is 0.917 bits per heavy atom. The predicted octanol–water partition coefficient (Wildman–Crippen LogP) is 3.31. The van der Waals surface area contributed by atoms with Crippen molar-refractivity contribution >= 4 is 24.5 Å². The largest absolute Gasteiger partial charge is 0.481 e. The molecule has 0 aliphatic rings. The number of carboxylic acids is 1. The summed E-state index contributed by atoms with van der Waals surface area (Å²) in [5, 5.41) is 11.5. The number of unbranched alkanes of at least 4 members (excludes halogenated alkanes) is 1. The molecule has 0 spiro atoms. The predicted molar refractivity (Wildman–Crippen MR) is 103 cm³/mol. The van der Waals surface area contributed by atoms with Crippen molar-refractivity contribution in [2.75, 3.05) is 26.3 Å². The summed E-state index contributed by atoms with van der Waals surface area (Å²) in [6, 6.07) is 21.5. The monoisotopic (exact) mass is 343 g/mol. The fraction of sp³-hybridized carbons (Fsp3) is 0.350. The molecular weight excluding hydrogens is 317 g/mol. The fourth-order valence-corrected chi connectivity index (χ4v) is 5.08. The van der Waals surface area contributed by atoms with Crippen molar-refractivity contribution in [3.05, 3.63) is 60.7 Å². The molecule has 0 saturated carbocycles. The molecule has 0 amide bonds. The molecule has 24 heavy (non-hydrogen) atoms. The number of hydrogen-bond acceptors (Lipinski definition) is 2. The van der Waals surface area contributed by atoms with Crippen molar-refractivity contribution < 1.29 is 9.90 Å². The third-order valence-corrected chi connectivity index (χ3v) is 6.51. The SMILES string of the molecule is CN(CCCCC(=O)O)CCP(c1ccccc1)c1ccccc1. The molecule has 0 radical (unpaired) electrons. The van der Waals surface area contributed by atoms with Gasteiger partial charge in [-0.15, -0.1) is 0 Å². The lowest BCUT2D eigenvalue weighted by molar-refractivity contribution is -0.137. The van der Waals surface area contributed by atoms with Crippen LogP contribution in [-0.4, -0.2) is 42.3 Å². The number of aliphatic carboxylic acids is 1. The minimum atomic E-state index is -0.700. The van der Waals surface area contributed by atoms with Gasteiger partial charge in [-0.1, -0.05) is 60.7 Å². The van der Waals surface area contributed by atoms with Crippen molar-refractivity contribution in [3.8, 4) is 0 Å². The van der Waals surface area contributed by atoms with Gasteiger partial charge in [-0.2, -0.15) is 0 Å². The molecule has 2 aromatic carbocycles. The third-order valence-electron chi connectivity index (χ3n) is 4.02. The zero-order chi connectivity index (χ0) is 17.2. The molecule has 0 bridgehead atoms. The van der Waals surface area contributed by atoms with E-state index in [4.69, 9.17) is 5.11 Å². The minimum absolute atomic E-state index is 0.272. The van der Waals surface area contributed by atoms with Gasteiger partial charge >= 0.3 is 5.97 Å². The van der Waals surface area contributed by atoms with Gasteiger partial charge in [0.05, 0.1) is 0 Å². The standard InChI is InChI=1S/C20H26NO2P/c1-21(15-9-8-14-20(22)23)16-17-24(18-10-4-2-5-11-18)19-12-6-3-7-13-19/h2-7,10-13H,8-9,14-17H2,1H3,(H,22,23). The van der Waals surface area contributed by atoms with Crippen LogP contribution in [-0.2, 0) is 4.79 Å². The van der Waals surface area contributed by atoms with Crippen LogP contribution in [0.5, 0.6) is 0 Å². The lowest BCUT2D eigenvalue weighted by Crippen LogP contribution is -2.26. The summed E-state index contributed by atoms with van der Waals surface area (Å²) in [5.41, 5.74) is 0. The van der Waals surface area contributed by atoms with Gasteiger partial charge in [-0.25, -0.2) is 0 Å². The summed E-state index contributed by atoms with van der Waals surface area (Å²) in [6.45, 7) is 1.99. The van der Waals surface area contributed by atoms with E-state index < -0.39 is 5.97 Å². The van der Waals surface area contributed by atoms with E-state index >= 15 is 0 Å². The summed E-state index contributed by atoms with van der Waals surface area (Å²) < 4.78 is 0. The number of carbonyl (C=O) groups is 1. The van der Waals surface area contributed by atoms with Crippen LogP contribution in [0.4, 0.5) is 0 Å². The zero-order valence-electron chi connectivity index (χ0n) is 14.3. The van der Waals surface area contributed by atoms with Gasteiger partial charge in [0.15, 0.2) is 0 Å². The molecular formula is C20H26NO2P. The molecule has 2 rings (SSSR count). The van der Waals surface area contributed by atoms with Crippen LogP contribution in [0.2, 0.25) is 0 Å². The Labute approximate surface area is 146 Å². The lowest BCUT2D eigenvalue weighted by Gasteiger charge is -2.23. The highest BCUT2D eigenvalue weighted by Gasteiger charge is 2.14. The molecule has 0 aliphatic heterocycles. The fourth-order valence-electron chi connectivity index (χ4n) is 2.66. The molecule has 0 heterocycles. The van der Waals surface area contributed by atoms with Crippen LogP contribution in [0.1, 0.15) is 19.3 Å². The maximum absolute atomic E-state index is 10.6. The Morgan fingerprint density at radius 3 is 1.96 bits per heavy atom. The molecule has 3 nitrogen and oxygen atoms in total. The normalized spacial score (nSPS) is 11.1. The first kappa shape index (κ1) is 18.6. The number of benzene rings is 2. The Hall–Kier alpha value is -1.70. The molecule has 1 N–H and O–H groups in total. The van der Waals surface area contributed by atoms with Gasteiger partial charge < -0.3 is 10.0 Å². The second-order valence-electron chi connectivity index (χ2n) is 5.98. The number of nitrogens with zero attached hydrogens (tertiary/aromatic N) is 1. The van der Waals surface area contributed by atoms with E-state index in [-0.39, 0.29) is 14.3 Å². The summed E-state index contributed by atoms with van der Waals surface area (Å²) in [5.74, 6) is -0.700. The van der Waals surface area contributed by atoms with Gasteiger partial charge in [-0.3, -0.25) is 4.79 Å². The summed E-state index contributed by atoms with van der Waals surface area (Å²) in [4.78, 5) is 12.9. The highest BCUT2D eigenvalue weighted by molar-refractivity contribution is 7.73. The quantitative estimate of drug-likeness (QED) is 0.531. The molecule has 4 heteroatoms. The van der Waals surface area contributed by atoms with Crippen LogP contribution in [0.15, 0.2) is 60.7 Å². The topological polar surface area (TPSA) is 40.5 Å². The van der Waals surface area contributed by atoms with Gasteiger partial charge in [0.2, 0.25) is 0 Å². The van der Waals surface area contributed by atoms with Crippen LogP contribution >= 0.6 is 7.92 Å². The van der Waals surface area contributed by atoms with Crippen LogP contribution in [0, 0.1) is 0 Å². The first-order valence-electron chi connectivity index (χ1n) is 8.45. The van der Waals surface area contributed by atoms with E-state index in [1.54, 1.807) is 0 Å². The number of hydrogen-bond donors (Lipinski definition) is 1. The lowest BCUT2D eigenvalue weighted by atomic mass is 10.2. The van der Waals surface area contributed by atoms with Gasteiger partial charge in [0.25, 0.3) is 0 Å². The Morgan fingerprint density at radius 2 is 1.46 bits per heavy atom. The highest BCUT2D eigenvalue weighted by Crippen LogP contribution is 2.33.